The molecule has 1 rings (SSSR count). The lowest BCUT2D eigenvalue weighted by atomic mass is 10.2. The number of hydrogen-bond acceptors (Lipinski definition) is 4. The molecule has 0 aromatic heterocycles. The molecule has 0 heterocycles. The van der Waals surface area contributed by atoms with Gasteiger partial charge >= 0.3 is 0 Å². The molecule has 0 saturated heterocycles. The van der Waals surface area contributed by atoms with E-state index in [-0.39, 0.29) is 5.91 Å². The van der Waals surface area contributed by atoms with Crippen LogP contribution in [-0.4, -0.2) is 39.3 Å². The van der Waals surface area contributed by atoms with Crippen LogP contribution >= 0.6 is 0 Å². The van der Waals surface area contributed by atoms with Gasteiger partial charge in [-0.15, -0.1) is 0 Å². The first-order valence-electron chi connectivity index (χ1n) is 6.34. The van der Waals surface area contributed by atoms with Crippen LogP contribution in [0.15, 0.2) is 24.3 Å². The van der Waals surface area contributed by atoms with Crippen molar-refractivity contribution in [3.63, 3.8) is 0 Å². The van der Waals surface area contributed by atoms with Crippen molar-refractivity contribution in [3.05, 3.63) is 29.8 Å². The Morgan fingerprint density at radius 2 is 2.00 bits per heavy atom. The van der Waals surface area contributed by atoms with Crippen LogP contribution in [0.5, 0.6) is 5.75 Å². The molecule has 5 heteroatoms. The number of benzene rings is 1. The summed E-state index contributed by atoms with van der Waals surface area (Å²) in [5.74, 6) is 0.557. The molecule has 0 spiro atoms. The van der Waals surface area contributed by atoms with Crippen LogP contribution in [0.1, 0.15) is 12.5 Å². The van der Waals surface area contributed by atoms with E-state index >= 15 is 0 Å². The molecule has 106 valence electrons. The molecule has 1 aromatic rings. The largest absolute Gasteiger partial charge is 0.481 e. The van der Waals surface area contributed by atoms with E-state index in [1.807, 2.05) is 24.3 Å². The van der Waals surface area contributed by atoms with E-state index in [4.69, 9.17) is 9.47 Å². The average molecular weight is 266 g/mol. The van der Waals surface area contributed by atoms with Crippen LogP contribution < -0.4 is 15.4 Å². The SMILES string of the molecule is CNC(=O)C(C)Oc1ccc(CNCCOC)cc1. The number of hydrogen-bond donors (Lipinski definition) is 2. The van der Waals surface area contributed by atoms with E-state index in [0.29, 0.717) is 12.4 Å². The fourth-order valence-electron chi connectivity index (χ4n) is 1.55. The van der Waals surface area contributed by atoms with Gasteiger partial charge < -0.3 is 20.1 Å². The second-order valence-electron chi connectivity index (χ2n) is 4.19. The van der Waals surface area contributed by atoms with Gasteiger partial charge in [0.05, 0.1) is 6.61 Å². The average Bonchev–Trinajstić information content (AvgIpc) is 2.44. The first kappa shape index (κ1) is 15.5. The van der Waals surface area contributed by atoms with Crippen molar-refractivity contribution in [1.29, 1.82) is 0 Å². The summed E-state index contributed by atoms with van der Waals surface area (Å²) in [4.78, 5) is 11.3. The van der Waals surface area contributed by atoms with E-state index in [0.717, 1.165) is 18.7 Å². The van der Waals surface area contributed by atoms with Gasteiger partial charge in [-0.05, 0) is 24.6 Å². The number of likely N-dealkylation sites (N-methyl/N-ethyl adjacent to an activating group) is 1. The summed E-state index contributed by atoms with van der Waals surface area (Å²) in [6.07, 6.45) is -0.490. The van der Waals surface area contributed by atoms with Crippen LogP contribution in [0.2, 0.25) is 0 Å². The minimum absolute atomic E-state index is 0.134. The number of amides is 1. The van der Waals surface area contributed by atoms with E-state index in [1.165, 1.54) is 0 Å². The molecular formula is C14H22N2O3. The van der Waals surface area contributed by atoms with E-state index in [1.54, 1.807) is 21.1 Å². The third kappa shape index (κ3) is 5.72. The quantitative estimate of drug-likeness (QED) is 0.687. The van der Waals surface area contributed by atoms with Gasteiger partial charge in [0.25, 0.3) is 5.91 Å². The molecule has 2 N–H and O–H groups in total. The second-order valence-corrected chi connectivity index (χ2v) is 4.19. The Morgan fingerprint density at radius 1 is 1.32 bits per heavy atom. The van der Waals surface area contributed by atoms with Gasteiger partial charge in [0, 0.05) is 27.2 Å². The first-order chi connectivity index (χ1) is 9.17. The van der Waals surface area contributed by atoms with Crippen LogP contribution in [0.4, 0.5) is 0 Å². The Hall–Kier alpha value is -1.59. The Balaban J connectivity index is 2.41. The van der Waals surface area contributed by atoms with Crippen molar-refractivity contribution in [2.75, 3.05) is 27.3 Å². The summed E-state index contributed by atoms with van der Waals surface area (Å²) in [5.41, 5.74) is 1.16. The third-order valence-corrected chi connectivity index (χ3v) is 2.66. The van der Waals surface area contributed by atoms with Crippen molar-refractivity contribution in [2.45, 2.75) is 19.6 Å². The maximum atomic E-state index is 11.3. The van der Waals surface area contributed by atoms with Crippen molar-refractivity contribution in [1.82, 2.24) is 10.6 Å². The number of nitrogens with one attached hydrogen (secondary N) is 2. The monoisotopic (exact) mass is 266 g/mol. The second kappa shape index (κ2) is 8.50. The highest BCUT2D eigenvalue weighted by molar-refractivity contribution is 5.80. The third-order valence-electron chi connectivity index (χ3n) is 2.66. The number of carbonyl (C=O) groups is 1. The number of ether oxygens (including phenoxy) is 2. The number of rotatable bonds is 8. The smallest absolute Gasteiger partial charge is 0.260 e. The molecule has 0 fully saturated rings. The lowest BCUT2D eigenvalue weighted by Gasteiger charge is -2.13. The van der Waals surface area contributed by atoms with Crippen molar-refractivity contribution in [3.8, 4) is 5.75 Å². The molecule has 1 amide bonds. The minimum atomic E-state index is -0.490. The first-order valence-corrected chi connectivity index (χ1v) is 6.34. The summed E-state index contributed by atoms with van der Waals surface area (Å²) < 4.78 is 10.5. The van der Waals surface area contributed by atoms with Gasteiger partial charge in [-0.1, -0.05) is 12.1 Å². The van der Waals surface area contributed by atoms with Crippen molar-refractivity contribution < 1.29 is 14.3 Å². The summed E-state index contributed by atoms with van der Waals surface area (Å²) in [5, 5.41) is 5.81. The Bertz CT molecular complexity index is 379. The molecule has 0 aliphatic carbocycles. The zero-order valence-corrected chi connectivity index (χ0v) is 11.7. The zero-order chi connectivity index (χ0) is 14.1. The molecule has 0 radical (unpaired) electrons. The maximum Gasteiger partial charge on any atom is 0.260 e. The molecule has 0 aliphatic rings. The number of methoxy groups -OCH3 is 1. The summed E-state index contributed by atoms with van der Waals surface area (Å²) >= 11 is 0. The summed E-state index contributed by atoms with van der Waals surface area (Å²) in [6, 6.07) is 7.69. The Kier molecular flexibility index (Phi) is 6.92. The van der Waals surface area contributed by atoms with Gasteiger partial charge in [0.15, 0.2) is 6.10 Å². The van der Waals surface area contributed by atoms with Gasteiger partial charge in [-0.25, -0.2) is 0 Å². The fourth-order valence-corrected chi connectivity index (χ4v) is 1.55. The topological polar surface area (TPSA) is 59.6 Å². The maximum absolute atomic E-state index is 11.3. The Labute approximate surface area is 114 Å². The normalized spacial score (nSPS) is 11.9. The highest BCUT2D eigenvalue weighted by Gasteiger charge is 2.11. The molecule has 5 nitrogen and oxygen atoms in total. The van der Waals surface area contributed by atoms with Crippen LogP contribution in [0, 0.1) is 0 Å². The highest BCUT2D eigenvalue weighted by atomic mass is 16.5. The summed E-state index contributed by atoms with van der Waals surface area (Å²) in [6.45, 7) is 4.03. The van der Waals surface area contributed by atoms with Crippen LogP contribution in [0.3, 0.4) is 0 Å². The molecule has 0 saturated carbocycles. The summed E-state index contributed by atoms with van der Waals surface area (Å²) in [7, 11) is 3.28. The van der Waals surface area contributed by atoms with Gasteiger partial charge in [0.1, 0.15) is 5.75 Å². The van der Waals surface area contributed by atoms with Gasteiger partial charge in [-0.3, -0.25) is 4.79 Å². The molecular weight excluding hydrogens is 244 g/mol. The van der Waals surface area contributed by atoms with Crippen molar-refractivity contribution in [2.24, 2.45) is 0 Å². The lowest BCUT2D eigenvalue weighted by molar-refractivity contribution is -0.126. The predicted molar refractivity (Wildman–Crippen MR) is 74.2 cm³/mol. The predicted octanol–water partition coefficient (Wildman–Crippen LogP) is 0.936. The van der Waals surface area contributed by atoms with E-state index in [2.05, 4.69) is 10.6 Å². The minimum Gasteiger partial charge on any atom is -0.481 e. The van der Waals surface area contributed by atoms with E-state index < -0.39 is 6.10 Å². The zero-order valence-electron chi connectivity index (χ0n) is 11.7. The fraction of sp³-hybridized carbons (Fsp3) is 0.500. The van der Waals surface area contributed by atoms with Crippen LogP contribution in [0.25, 0.3) is 0 Å². The Morgan fingerprint density at radius 3 is 2.58 bits per heavy atom. The lowest BCUT2D eigenvalue weighted by Crippen LogP contribution is -2.33. The van der Waals surface area contributed by atoms with E-state index in [9.17, 15) is 4.79 Å². The molecule has 1 unspecified atom stereocenters. The molecule has 1 aromatic carbocycles. The molecule has 0 bridgehead atoms. The van der Waals surface area contributed by atoms with Gasteiger partial charge in [-0.2, -0.15) is 0 Å². The van der Waals surface area contributed by atoms with Crippen molar-refractivity contribution >= 4 is 5.91 Å². The molecule has 1 atom stereocenters. The number of carbonyl (C=O) groups excluding carboxylic acids is 1. The standard InChI is InChI=1S/C14H22N2O3/c1-11(14(17)15-2)19-13-6-4-12(5-7-13)10-16-8-9-18-3/h4-7,11,16H,8-10H2,1-3H3,(H,15,17). The van der Waals surface area contributed by atoms with Gasteiger partial charge in [0.2, 0.25) is 0 Å². The highest BCUT2D eigenvalue weighted by Crippen LogP contribution is 2.13. The van der Waals surface area contributed by atoms with Crippen LogP contribution in [-0.2, 0) is 16.1 Å². The molecule has 19 heavy (non-hydrogen) atoms. The molecule has 0 aliphatic heterocycles.